The molecule has 4 nitrogen and oxygen atoms in total. The molecule has 0 saturated carbocycles. The second-order valence-electron chi connectivity index (χ2n) is 8.60. The summed E-state index contributed by atoms with van der Waals surface area (Å²) < 4.78 is 5.32. The van der Waals surface area contributed by atoms with Gasteiger partial charge in [-0.15, -0.1) is 0 Å². The van der Waals surface area contributed by atoms with E-state index in [4.69, 9.17) is 4.74 Å². The SMILES string of the molecule is COc1ccc(CN2C(=O)c3ccccc3[C@H]2c2c(-c3ccccc3)[nH]c3ccccc23)cc1. The van der Waals surface area contributed by atoms with Gasteiger partial charge in [0.2, 0.25) is 0 Å². The van der Waals surface area contributed by atoms with Gasteiger partial charge in [-0.2, -0.15) is 0 Å². The molecular formula is C30H24N2O2. The van der Waals surface area contributed by atoms with E-state index in [9.17, 15) is 4.79 Å². The lowest BCUT2D eigenvalue weighted by atomic mass is 9.93. The lowest BCUT2D eigenvalue weighted by molar-refractivity contribution is 0.0737. The third kappa shape index (κ3) is 3.27. The lowest BCUT2D eigenvalue weighted by Crippen LogP contribution is -2.28. The topological polar surface area (TPSA) is 45.3 Å². The first-order chi connectivity index (χ1) is 16.7. The van der Waals surface area contributed by atoms with Crippen molar-refractivity contribution in [2.45, 2.75) is 12.6 Å². The Morgan fingerprint density at radius 3 is 2.32 bits per heavy atom. The molecule has 1 atom stereocenters. The van der Waals surface area contributed by atoms with Gasteiger partial charge in [0.25, 0.3) is 5.91 Å². The number of carbonyl (C=O) groups excluding carboxylic acids is 1. The Labute approximate surface area is 198 Å². The highest BCUT2D eigenvalue weighted by Gasteiger charge is 2.40. The average Bonchev–Trinajstić information content (AvgIpc) is 3.40. The second kappa shape index (κ2) is 8.23. The number of nitrogens with one attached hydrogen (secondary N) is 1. The largest absolute Gasteiger partial charge is 0.497 e. The number of fused-ring (bicyclic) bond motifs is 2. The predicted molar refractivity (Wildman–Crippen MR) is 135 cm³/mol. The maximum Gasteiger partial charge on any atom is 0.255 e. The summed E-state index contributed by atoms with van der Waals surface area (Å²) >= 11 is 0. The zero-order chi connectivity index (χ0) is 23.1. The molecule has 34 heavy (non-hydrogen) atoms. The summed E-state index contributed by atoms with van der Waals surface area (Å²) in [6, 6.07) is 34.4. The first-order valence-corrected chi connectivity index (χ1v) is 11.4. The van der Waals surface area contributed by atoms with Crippen LogP contribution in [0.1, 0.15) is 33.1 Å². The van der Waals surface area contributed by atoms with Crippen LogP contribution < -0.4 is 4.74 Å². The Morgan fingerprint density at radius 1 is 0.824 bits per heavy atom. The Hall–Kier alpha value is -4.31. The summed E-state index contributed by atoms with van der Waals surface area (Å²) in [5, 5.41) is 1.13. The van der Waals surface area contributed by atoms with Crippen molar-refractivity contribution >= 4 is 16.8 Å². The van der Waals surface area contributed by atoms with Crippen molar-refractivity contribution in [3.05, 3.63) is 125 Å². The quantitative estimate of drug-likeness (QED) is 0.332. The smallest absolute Gasteiger partial charge is 0.255 e. The standard InChI is InChI=1S/C30H24N2O2/c1-34-22-17-15-20(16-18-22)19-32-29(23-11-5-6-12-24(23)30(32)33)27-25-13-7-8-14-26(25)31-28(27)21-9-3-2-4-10-21/h2-18,29,31H,19H2,1H3/t29-/m0/s1. The number of methoxy groups -OCH3 is 1. The van der Waals surface area contributed by atoms with E-state index in [-0.39, 0.29) is 11.9 Å². The lowest BCUT2D eigenvalue weighted by Gasteiger charge is -2.27. The number of nitrogens with zero attached hydrogens (tertiary/aromatic N) is 1. The van der Waals surface area contributed by atoms with Crippen LogP contribution in [0.15, 0.2) is 103 Å². The summed E-state index contributed by atoms with van der Waals surface area (Å²) in [5.74, 6) is 0.861. The van der Waals surface area contributed by atoms with Crippen LogP contribution in [-0.4, -0.2) is 22.9 Å². The highest BCUT2D eigenvalue weighted by Crippen LogP contribution is 2.46. The minimum absolute atomic E-state index is 0.0562. The van der Waals surface area contributed by atoms with Gasteiger partial charge in [-0.05, 0) is 41.0 Å². The van der Waals surface area contributed by atoms with Crippen molar-refractivity contribution in [2.24, 2.45) is 0 Å². The molecule has 1 aliphatic rings. The van der Waals surface area contributed by atoms with Crippen molar-refractivity contribution in [3.63, 3.8) is 0 Å². The Kier molecular flexibility index (Phi) is 4.92. The first kappa shape index (κ1) is 20.3. The van der Waals surface area contributed by atoms with Gasteiger partial charge in [0.15, 0.2) is 0 Å². The Bertz CT molecular complexity index is 1490. The number of benzene rings is 4. The van der Waals surface area contributed by atoms with E-state index >= 15 is 0 Å². The summed E-state index contributed by atoms with van der Waals surface area (Å²) in [6.07, 6.45) is 0. The molecule has 4 aromatic carbocycles. The summed E-state index contributed by atoms with van der Waals surface area (Å²) in [6.45, 7) is 0.510. The zero-order valence-electron chi connectivity index (χ0n) is 18.9. The van der Waals surface area contributed by atoms with Gasteiger partial charge in [-0.1, -0.05) is 78.9 Å². The minimum Gasteiger partial charge on any atom is -0.497 e. The molecule has 0 aliphatic carbocycles. The maximum absolute atomic E-state index is 13.7. The van der Waals surface area contributed by atoms with Gasteiger partial charge < -0.3 is 14.6 Å². The Balaban J connectivity index is 1.56. The summed E-state index contributed by atoms with van der Waals surface area (Å²) in [4.78, 5) is 19.3. The van der Waals surface area contributed by atoms with E-state index in [2.05, 4.69) is 41.4 Å². The molecule has 4 heteroatoms. The fraction of sp³-hybridized carbons (Fsp3) is 0.100. The molecule has 0 radical (unpaired) electrons. The molecule has 0 saturated heterocycles. The van der Waals surface area contributed by atoms with Crippen LogP contribution in [0.25, 0.3) is 22.2 Å². The van der Waals surface area contributed by atoms with Gasteiger partial charge in [0, 0.05) is 28.6 Å². The van der Waals surface area contributed by atoms with Crippen LogP contribution in [0, 0.1) is 0 Å². The van der Waals surface area contributed by atoms with E-state index < -0.39 is 0 Å². The number of rotatable bonds is 5. The van der Waals surface area contributed by atoms with Crippen molar-refractivity contribution in [1.82, 2.24) is 9.88 Å². The Morgan fingerprint density at radius 2 is 1.53 bits per heavy atom. The molecule has 1 N–H and O–H groups in total. The summed E-state index contributed by atoms with van der Waals surface area (Å²) in [5.41, 5.74) is 7.23. The average molecular weight is 445 g/mol. The van der Waals surface area contributed by atoms with Crippen LogP contribution in [0.4, 0.5) is 0 Å². The van der Waals surface area contributed by atoms with Crippen molar-refractivity contribution in [1.29, 1.82) is 0 Å². The molecule has 5 aromatic rings. The normalized spacial score (nSPS) is 15.0. The number of aromatic amines is 1. The summed E-state index contributed by atoms with van der Waals surface area (Å²) in [7, 11) is 1.66. The fourth-order valence-electron chi connectivity index (χ4n) is 5.05. The van der Waals surface area contributed by atoms with Gasteiger partial charge in [-0.3, -0.25) is 4.79 Å². The third-order valence-corrected chi connectivity index (χ3v) is 6.65. The number of para-hydroxylation sites is 1. The van der Waals surface area contributed by atoms with Crippen molar-refractivity contribution in [3.8, 4) is 17.0 Å². The van der Waals surface area contributed by atoms with Gasteiger partial charge in [-0.25, -0.2) is 0 Å². The number of ether oxygens (including phenoxy) is 1. The number of hydrogen-bond donors (Lipinski definition) is 1. The monoisotopic (exact) mass is 444 g/mol. The predicted octanol–water partition coefficient (Wildman–Crippen LogP) is 6.59. The number of carbonyl (C=O) groups is 1. The highest BCUT2D eigenvalue weighted by atomic mass is 16.5. The van der Waals surface area contributed by atoms with Crippen LogP contribution in [-0.2, 0) is 6.54 Å². The molecule has 1 aliphatic heterocycles. The first-order valence-electron chi connectivity index (χ1n) is 11.4. The molecule has 0 spiro atoms. The van der Waals surface area contributed by atoms with Crippen LogP contribution in [0.3, 0.4) is 0 Å². The maximum atomic E-state index is 13.7. The minimum atomic E-state index is -0.197. The van der Waals surface area contributed by atoms with E-state index in [1.165, 1.54) is 0 Å². The second-order valence-corrected chi connectivity index (χ2v) is 8.60. The number of H-pyrrole nitrogens is 1. The number of aromatic nitrogens is 1. The van der Waals surface area contributed by atoms with Crippen LogP contribution in [0.5, 0.6) is 5.75 Å². The highest BCUT2D eigenvalue weighted by molar-refractivity contribution is 6.02. The van der Waals surface area contributed by atoms with Crippen LogP contribution in [0.2, 0.25) is 0 Å². The molecule has 0 unspecified atom stereocenters. The van der Waals surface area contributed by atoms with Crippen molar-refractivity contribution in [2.75, 3.05) is 7.11 Å². The van der Waals surface area contributed by atoms with Gasteiger partial charge >= 0.3 is 0 Å². The fourth-order valence-corrected chi connectivity index (χ4v) is 5.05. The van der Waals surface area contributed by atoms with Gasteiger partial charge in [0.05, 0.1) is 18.8 Å². The van der Waals surface area contributed by atoms with E-state index in [0.717, 1.165) is 50.2 Å². The molecular weight excluding hydrogens is 420 g/mol. The van der Waals surface area contributed by atoms with Crippen molar-refractivity contribution < 1.29 is 9.53 Å². The van der Waals surface area contributed by atoms with Gasteiger partial charge in [0.1, 0.15) is 5.75 Å². The molecule has 2 heterocycles. The zero-order valence-corrected chi connectivity index (χ0v) is 18.9. The molecule has 1 amide bonds. The molecule has 166 valence electrons. The van der Waals surface area contributed by atoms with E-state index in [1.54, 1.807) is 7.11 Å². The third-order valence-electron chi connectivity index (χ3n) is 6.65. The number of amides is 1. The molecule has 0 fully saturated rings. The van der Waals surface area contributed by atoms with E-state index in [0.29, 0.717) is 6.54 Å². The number of hydrogen-bond acceptors (Lipinski definition) is 2. The molecule has 1 aromatic heterocycles. The molecule has 0 bridgehead atoms. The molecule has 6 rings (SSSR count). The van der Waals surface area contributed by atoms with Crippen LogP contribution >= 0.6 is 0 Å². The van der Waals surface area contributed by atoms with E-state index in [1.807, 2.05) is 71.6 Å².